The molecule has 1 atom stereocenters. The van der Waals surface area contributed by atoms with Gasteiger partial charge in [-0.1, -0.05) is 29.3 Å². The van der Waals surface area contributed by atoms with Crippen LogP contribution in [0.1, 0.15) is 18.0 Å². The summed E-state index contributed by atoms with van der Waals surface area (Å²) < 4.78 is 0. The summed E-state index contributed by atoms with van der Waals surface area (Å²) in [4.78, 5) is 0. The largest absolute Gasteiger partial charge is 0.313 e. The molecule has 3 nitrogen and oxygen atoms in total. The maximum Gasteiger partial charge on any atom is 0.156 e. The van der Waals surface area contributed by atoms with Gasteiger partial charge in [0.05, 0.1) is 0 Å². The van der Waals surface area contributed by atoms with Gasteiger partial charge in [0.15, 0.2) is 10.3 Å². The van der Waals surface area contributed by atoms with Gasteiger partial charge < -0.3 is 5.32 Å². The standard InChI is InChI=1S/C9H11Cl2N3/c1-3-4-7(12-2)6-5-8(10)13-14-9(6)11/h3,5,7,12H,1,4H2,2H3. The van der Waals surface area contributed by atoms with E-state index in [-0.39, 0.29) is 6.04 Å². The number of hydrogen-bond acceptors (Lipinski definition) is 3. The molecule has 0 amide bonds. The lowest BCUT2D eigenvalue weighted by Gasteiger charge is -2.14. The van der Waals surface area contributed by atoms with E-state index < -0.39 is 0 Å². The third-order valence-electron chi connectivity index (χ3n) is 1.87. The fourth-order valence-electron chi connectivity index (χ4n) is 1.18. The Labute approximate surface area is 93.1 Å². The van der Waals surface area contributed by atoms with E-state index in [4.69, 9.17) is 23.2 Å². The summed E-state index contributed by atoms with van der Waals surface area (Å²) in [6.07, 6.45) is 2.57. The first-order valence-electron chi connectivity index (χ1n) is 4.15. The van der Waals surface area contributed by atoms with E-state index in [1.165, 1.54) is 0 Å². The minimum Gasteiger partial charge on any atom is -0.313 e. The van der Waals surface area contributed by atoms with Crippen molar-refractivity contribution in [2.75, 3.05) is 7.05 Å². The number of hydrogen-bond donors (Lipinski definition) is 1. The summed E-state index contributed by atoms with van der Waals surface area (Å²) in [6.45, 7) is 3.67. The fraction of sp³-hybridized carbons (Fsp3) is 0.333. The topological polar surface area (TPSA) is 37.8 Å². The molecule has 0 bridgehead atoms. The van der Waals surface area contributed by atoms with Gasteiger partial charge in [0, 0.05) is 11.6 Å². The molecule has 0 radical (unpaired) electrons. The van der Waals surface area contributed by atoms with Crippen LogP contribution in [-0.2, 0) is 0 Å². The third-order valence-corrected chi connectivity index (χ3v) is 2.35. The van der Waals surface area contributed by atoms with E-state index in [0.29, 0.717) is 10.3 Å². The molecule has 76 valence electrons. The van der Waals surface area contributed by atoms with Crippen LogP contribution < -0.4 is 5.32 Å². The monoisotopic (exact) mass is 231 g/mol. The van der Waals surface area contributed by atoms with E-state index in [9.17, 15) is 0 Å². The highest BCUT2D eigenvalue weighted by Gasteiger charge is 2.13. The molecule has 14 heavy (non-hydrogen) atoms. The van der Waals surface area contributed by atoms with Crippen molar-refractivity contribution in [2.24, 2.45) is 0 Å². The van der Waals surface area contributed by atoms with Crippen LogP contribution in [0.15, 0.2) is 18.7 Å². The van der Waals surface area contributed by atoms with Gasteiger partial charge in [0.2, 0.25) is 0 Å². The van der Waals surface area contributed by atoms with Crippen LogP contribution in [0.4, 0.5) is 0 Å². The SMILES string of the molecule is C=CCC(NC)c1cc(Cl)nnc1Cl. The smallest absolute Gasteiger partial charge is 0.156 e. The first kappa shape index (κ1) is 11.4. The maximum atomic E-state index is 5.90. The molecule has 1 aromatic rings. The predicted octanol–water partition coefficient (Wildman–Crippen LogP) is 2.62. The average Bonchev–Trinajstić information content (AvgIpc) is 2.18. The number of aromatic nitrogens is 2. The van der Waals surface area contributed by atoms with Gasteiger partial charge in [-0.3, -0.25) is 0 Å². The Balaban J connectivity index is 3.01. The third kappa shape index (κ3) is 2.67. The van der Waals surface area contributed by atoms with Crippen LogP contribution in [0.3, 0.4) is 0 Å². The first-order chi connectivity index (χ1) is 6.69. The van der Waals surface area contributed by atoms with Crippen LogP contribution in [0.5, 0.6) is 0 Å². The molecule has 1 unspecified atom stereocenters. The second-order valence-corrected chi connectivity index (χ2v) is 3.52. The molecule has 0 fully saturated rings. The minimum absolute atomic E-state index is 0.0769. The average molecular weight is 232 g/mol. The van der Waals surface area contributed by atoms with Gasteiger partial charge in [0.1, 0.15) is 0 Å². The van der Waals surface area contributed by atoms with Crippen molar-refractivity contribution in [3.8, 4) is 0 Å². The van der Waals surface area contributed by atoms with Crippen LogP contribution in [0, 0.1) is 0 Å². The Morgan fingerprint density at radius 2 is 2.29 bits per heavy atom. The lowest BCUT2D eigenvalue weighted by molar-refractivity contribution is 0.599. The molecular formula is C9H11Cl2N3. The summed E-state index contributed by atoms with van der Waals surface area (Å²) in [5.41, 5.74) is 0.842. The summed E-state index contributed by atoms with van der Waals surface area (Å²) in [6, 6.07) is 1.79. The van der Waals surface area contributed by atoms with Crippen molar-refractivity contribution in [1.82, 2.24) is 15.5 Å². The molecule has 1 heterocycles. The lowest BCUT2D eigenvalue weighted by atomic mass is 10.1. The van der Waals surface area contributed by atoms with E-state index in [2.05, 4.69) is 22.1 Å². The van der Waals surface area contributed by atoms with E-state index in [0.717, 1.165) is 12.0 Å². The molecule has 0 aliphatic rings. The second-order valence-electron chi connectivity index (χ2n) is 2.78. The predicted molar refractivity (Wildman–Crippen MR) is 58.7 cm³/mol. The quantitative estimate of drug-likeness (QED) is 0.811. The molecule has 0 saturated heterocycles. The molecule has 0 aliphatic heterocycles. The van der Waals surface area contributed by atoms with Crippen LogP contribution >= 0.6 is 23.2 Å². The van der Waals surface area contributed by atoms with Crippen LogP contribution in [0.2, 0.25) is 10.3 Å². The van der Waals surface area contributed by atoms with E-state index in [1.807, 2.05) is 13.1 Å². The maximum absolute atomic E-state index is 5.90. The van der Waals surface area contributed by atoms with E-state index in [1.54, 1.807) is 6.07 Å². The minimum atomic E-state index is 0.0769. The van der Waals surface area contributed by atoms with Crippen molar-refractivity contribution < 1.29 is 0 Å². The molecule has 0 spiro atoms. The number of nitrogens with zero attached hydrogens (tertiary/aromatic N) is 2. The van der Waals surface area contributed by atoms with Gasteiger partial charge in [0.25, 0.3) is 0 Å². The molecular weight excluding hydrogens is 221 g/mol. The number of rotatable bonds is 4. The van der Waals surface area contributed by atoms with Crippen molar-refractivity contribution in [3.63, 3.8) is 0 Å². The molecule has 0 saturated carbocycles. The zero-order valence-electron chi connectivity index (χ0n) is 7.80. The fourth-order valence-corrected chi connectivity index (χ4v) is 1.56. The highest BCUT2D eigenvalue weighted by atomic mass is 35.5. The van der Waals surface area contributed by atoms with Crippen molar-refractivity contribution in [3.05, 3.63) is 34.6 Å². The summed E-state index contributed by atoms with van der Waals surface area (Å²) >= 11 is 11.6. The Hall–Kier alpha value is -0.640. The van der Waals surface area contributed by atoms with E-state index >= 15 is 0 Å². The molecule has 1 N–H and O–H groups in total. The molecule has 1 aromatic heterocycles. The Bertz CT molecular complexity index is 328. The molecule has 5 heteroatoms. The number of nitrogens with one attached hydrogen (secondary N) is 1. The zero-order chi connectivity index (χ0) is 10.6. The molecule has 1 rings (SSSR count). The van der Waals surface area contributed by atoms with Gasteiger partial charge in [-0.2, -0.15) is 0 Å². The van der Waals surface area contributed by atoms with Crippen molar-refractivity contribution in [2.45, 2.75) is 12.5 Å². The Morgan fingerprint density at radius 1 is 1.57 bits per heavy atom. The highest BCUT2D eigenvalue weighted by molar-refractivity contribution is 6.31. The van der Waals surface area contributed by atoms with Crippen LogP contribution in [-0.4, -0.2) is 17.2 Å². The normalized spacial score (nSPS) is 12.5. The van der Waals surface area contributed by atoms with Gasteiger partial charge in [-0.15, -0.1) is 16.8 Å². The Morgan fingerprint density at radius 3 is 2.86 bits per heavy atom. The molecule has 0 aromatic carbocycles. The zero-order valence-corrected chi connectivity index (χ0v) is 9.31. The first-order valence-corrected chi connectivity index (χ1v) is 4.91. The molecule has 0 aliphatic carbocycles. The van der Waals surface area contributed by atoms with Crippen molar-refractivity contribution >= 4 is 23.2 Å². The van der Waals surface area contributed by atoms with Crippen molar-refractivity contribution in [1.29, 1.82) is 0 Å². The van der Waals surface area contributed by atoms with Gasteiger partial charge in [-0.05, 0) is 19.5 Å². The summed E-state index contributed by atoms with van der Waals surface area (Å²) in [5, 5.41) is 11.2. The van der Waals surface area contributed by atoms with Crippen LogP contribution in [0.25, 0.3) is 0 Å². The van der Waals surface area contributed by atoms with Gasteiger partial charge in [-0.25, -0.2) is 0 Å². The summed E-state index contributed by atoms with van der Waals surface area (Å²) in [5.74, 6) is 0. The Kier molecular flexibility index (Phi) is 4.32. The second kappa shape index (κ2) is 5.29. The lowest BCUT2D eigenvalue weighted by Crippen LogP contribution is -2.16. The van der Waals surface area contributed by atoms with Gasteiger partial charge >= 0.3 is 0 Å². The summed E-state index contributed by atoms with van der Waals surface area (Å²) in [7, 11) is 1.85. The number of halogens is 2. The highest BCUT2D eigenvalue weighted by Crippen LogP contribution is 2.24.